The van der Waals surface area contributed by atoms with Crippen molar-refractivity contribution in [2.24, 2.45) is 5.92 Å². The Morgan fingerprint density at radius 1 is 1.45 bits per heavy atom. The summed E-state index contributed by atoms with van der Waals surface area (Å²) >= 11 is 7.90. The predicted molar refractivity (Wildman–Crippen MR) is 86.3 cm³/mol. The van der Waals surface area contributed by atoms with Crippen molar-refractivity contribution >= 4 is 29.5 Å². The van der Waals surface area contributed by atoms with Gasteiger partial charge < -0.3 is 5.32 Å². The quantitative estimate of drug-likeness (QED) is 0.744. The fourth-order valence-corrected chi connectivity index (χ4v) is 4.16. The van der Waals surface area contributed by atoms with Crippen molar-refractivity contribution in [3.63, 3.8) is 0 Å². The maximum atomic E-state index is 11.9. The first-order valence-electron chi connectivity index (χ1n) is 7.79. The van der Waals surface area contributed by atoms with Crippen LogP contribution in [0, 0.1) is 5.92 Å². The van der Waals surface area contributed by atoms with Gasteiger partial charge in [-0.15, -0.1) is 0 Å². The summed E-state index contributed by atoms with van der Waals surface area (Å²) in [6.07, 6.45) is 9.15. The van der Waals surface area contributed by atoms with E-state index in [4.69, 9.17) is 11.6 Å². The number of rotatable bonds is 6. The highest BCUT2D eigenvalue weighted by molar-refractivity contribution is 8.00. The van der Waals surface area contributed by atoms with Gasteiger partial charge in [-0.05, 0) is 37.1 Å². The maximum Gasteiger partial charge on any atom is 0.221 e. The molecule has 0 aromatic heterocycles. The molecule has 1 N–H and O–H groups in total. The van der Waals surface area contributed by atoms with E-state index in [0.29, 0.717) is 6.42 Å². The highest BCUT2D eigenvalue weighted by Gasteiger charge is 2.30. The summed E-state index contributed by atoms with van der Waals surface area (Å²) in [4.78, 5) is 11.9. The summed E-state index contributed by atoms with van der Waals surface area (Å²) in [6, 6.07) is 0. The zero-order valence-electron chi connectivity index (χ0n) is 12.2. The van der Waals surface area contributed by atoms with E-state index in [-0.39, 0.29) is 12.1 Å². The Hall–Kier alpha value is -0.190. The van der Waals surface area contributed by atoms with E-state index >= 15 is 0 Å². The van der Waals surface area contributed by atoms with Gasteiger partial charge in [0.1, 0.15) is 6.17 Å². The third kappa shape index (κ3) is 4.68. The van der Waals surface area contributed by atoms with Crippen LogP contribution in [0.3, 0.4) is 0 Å². The Balaban J connectivity index is 1.83. The summed E-state index contributed by atoms with van der Waals surface area (Å²) in [5, 5.41) is 5.77. The third-order valence-electron chi connectivity index (χ3n) is 4.07. The average Bonchev–Trinajstić information content (AvgIpc) is 2.79. The molecule has 1 aliphatic carbocycles. The molecule has 114 valence electrons. The van der Waals surface area contributed by atoms with E-state index in [1.54, 1.807) is 11.9 Å². The molecular formula is C15H25ClN2OS. The van der Waals surface area contributed by atoms with Gasteiger partial charge in [0.15, 0.2) is 0 Å². The Bertz CT molecular complexity index is 356. The molecule has 0 aromatic carbocycles. The number of amides is 1. The number of nitrogens with zero attached hydrogens (tertiary/aromatic N) is 1. The first kappa shape index (κ1) is 16.2. The zero-order chi connectivity index (χ0) is 14.4. The first-order valence-corrected chi connectivity index (χ1v) is 9.00. The number of carbonyl (C=O) groups is 1. The SMILES string of the molecule is CCCCC(=O)NC1C(Cl)=CSN1CC1CCCCC1. The molecule has 0 saturated heterocycles. The molecule has 1 fully saturated rings. The fraction of sp³-hybridized carbons (Fsp3) is 0.800. The second-order valence-electron chi connectivity index (χ2n) is 5.79. The molecule has 1 amide bonds. The Labute approximate surface area is 131 Å². The van der Waals surface area contributed by atoms with Crippen LogP contribution < -0.4 is 5.32 Å². The standard InChI is InChI=1S/C15H25ClN2OS/c1-2-3-9-14(19)17-15-13(16)11-20-18(15)10-12-7-5-4-6-8-12/h11-12,15H,2-10H2,1H3,(H,17,19). The molecule has 0 bridgehead atoms. The van der Waals surface area contributed by atoms with Gasteiger partial charge >= 0.3 is 0 Å². The monoisotopic (exact) mass is 316 g/mol. The topological polar surface area (TPSA) is 32.3 Å². The van der Waals surface area contributed by atoms with Crippen molar-refractivity contribution < 1.29 is 4.79 Å². The highest BCUT2D eigenvalue weighted by atomic mass is 35.5. The fourth-order valence-electron chi connectivity index (χ4n) is 2.86. The molecular weight excluding hydrogens is 292 g/mol. The zero-order valence-corrected chi connectivity index (χ0v) is 13.8. The van der Waals surface area contributed by atoms with E-state index in [2.05, 4.69) is 16.5 Å². The molecule has 5 heteroatoms. The smallest absolute Gasteiger partial charge is 0.221 e. The van der Waals surface area contributed by atoms with Crippen LogP contribution in [0.2, 0.25) is 0 Å². The average molecular weight is 317 g/mol. The van der Waals surface area contributed by atoms with Gasteiger partial charge in [-0.25, -0.2) is 4.31 Å². The van der Waals surface area contributed by atoms with Gasteiger partial charge in [-0.1, -0.05) is 44.2 Å². The Kier molecular flexibility index (Phi) is 6.72. The summed E-state index contributed by atoms with van der Waals surface area (Å²) < 4.78 is 2.24. The Morgan fingerprint density at radius 2 is 2.20 bits per heavy atom. The minimum Gasteiger partial charge on any atom is -0.335 e. The van der Waals surface area contributed by atoms with Crippen molar-refractivity contribution in [1.29, 1.82) is 0 Å². The predicted octanol–water partition coefficient (Wildman–Crippen LogP) is 4.24. The molecule has 1 saturated carbocycles. The normalized spacial score (nSPS) is 24.7. The van der Waals surface area contributed by atoms with Gasteiger partial charge in [-0.2, -0.15) is 0 Å². The summed E-state index contributed by atoms with van der Waals surface area (Å²) in [7, 11) is 0. The van der Waals surface area contributed by atoms with Crippen LogP contribution in [0.25, 0.3) is 0 Å². The van der Waals surface area contributed by atoms with Crippen LogP contribution in [-0.2, 0) is 4.79 Å². The number of hydrogen-bond donors (Lipinski definition) is 1. The number of hydrogen-bond acceptors (Lipinski definition) is 3. The minimum atomic E-state index is -0.118. The van der Waals surface area contributed by atoms with Crippen LogP contribution in [-0.4, -0.2) is 22.9 Å². The van der Waals surface area contributed by atoms with Crippen molar-refractivity contribution in [2.45, 2.75) is 64.5 Å². The van der Waals surface area contributed by atoms with Crippen molar-refractivity contribution in [1.82, 2.24) is 9.62 Å². The van der Waals surface area contributed by atoms with Gasteiger partial charge in [0.25, 0.3) is 0 Å². The number of unbranched alkanes of at least 4 members (excludes halogenated alkanes) is 1. The van der Waals surface area contributed by atoms with Crippen LogP contribution >= 0.6 is 23.5 Å². The van der Waals surface area contributed by atoms with Crippen molar-refractivity contribution in [3.8, 4) is 0 Å². The summed E-state index contributed by atoms with van der Waals surface area (Å²) in [5.74, 6) is 0.863. The van der Waals surface area contributed by atoms with Gasteiger partial charge in [0.2, 0.25) is 5.91 Å². The van der Waals surface area contributed by atoms with E-state index in [1.165, 1.54) is 32.1 Å². The van der Waals surface area contributed by atoms with Gasteiger partial charge in [0, 0.05) is 18.4 Å². The lowest BCUT2D eigenvalue weighted by Crippen LogP contribution is -2.45. The summed E-state index contributed by atoms with van der Waals surface area (Å²) in [6.45, 7) is 3.12. The minimum absolute atomic E-state index is 0.111. The maximum absolute atomic E-state index is 11.9. The largest absolute Gasteiger partial charge is 0.335 e. The lowest BCUT2D eigenvalue weighted by molar-refractivity contribution is -0.122. The van der Waals surface area contributed by atoms with Crippen LogP contribution in [0.1, 0.15) is 58.3 Å². The molecule has 2 aliphatic rings. The molecule has 0 spiro atoms. The molecule has 1 unspecified atom stereocenters. The Morgan fingerprint density at radius 3 is 2.90 bits per heavy atom. The van der Waals surface area contributed by atoms with Gasteiger partial charge in [0.05, 0.1) is 5.03 Å². The molecule has 20 heavy (non-hydrogen) atoms. The number of nitrogens with one attached hydrogen (secondary N) is 1. The molecule has 3 nitrogen and oxygen atoms in total. The first-order chi connectivity index (χ1) is 9.70. The molecule has 0 aromatic rings. The van der Waals surface area contributed by atoms with E-state index in [1.807, 2.05) is 5.41 Å². The van der Waals surface area contributed by atoms with Crippen LogP contribution in [0.4, 0.5) is 0 Å². The lowest BCUT2D eigenvalue weighted by atomic mass is 9.89. The second kappa shape index (κ2) is 8.30. The molecule has 1 aliphatic heterocycles. The molecule has 0 radical (unpaired) electrons. The van der Waals surface area contributed by atoms with E-state index in [9.17, 15) is 4.79 Å². The van der Waals surface area contributed by atoms with E-state index in [0.717, 1.165) is 30.3 Å². The van der Waals surface area contributed by atoms with Crippen LogP contribution in [0.5, 0.6) is 0 Å². The number of halogens is 1. The number of carbonyl (C=O) groups excluding carboxylic acids is 1. The van der Waals surface area contributed by atoms with Crippen molar-refractivity contribution in [2.75, 3.05) is 6.54 Å². The third-order valence-corrected chi connectivity index (χ3v) is 5.50. The molecule has 1 heterocycles. The summed E-state index contributed by atoms with van der Waals surface area (Å²) in [5.41, 5.74) is 0. The van der Waals surface area contributed by atoms with Gasteiger partial charge in [-0.3, -0.25) is 4.79 Å². The molecule has 1 atom stereocenters. The second-order valence-corrected chi connectivity index (χ2v) is 7.14. The van der Waals surface area contributed by atoms with Crippen LogP contribution in [0.15, 0.2) is 10.4 Å². The molecule has 2 rings (SSSR count). The highest BCUT2D eigenvalue weighted by Crippen LogP contribution is 2.35. The van der Waals surface area contributed by atoms with Crippen molar-refractivity contribution in [3.05, 3.63) is 10.4 Å². The lowest BCUT2D eigenvalue weighted by Gasteiger charge is -2.30. The van der Waals surface area contributed by atoms with E-state index < -0.39 is 0 Å².